The van der Waals surface area contributed by atoms with Crippen molar-refractivity contribution < 1.29 is 13.2 Å². The van der Waals surface area contributed by atoms with Crippen LogP contribution in [0.15, 0.2) is 0 Å². The minimum absolute atomic E-state index is 0.00704. The summed E-state index contributed by atoms with van der Waals surface area (Å²) >= 11 is 0. The van der Waals surface area contributed by atoms with Crippen LogP contribution in [-0.4, -0.2) is 32.4 Å². The van der Waals surface area contributed by atoms with E-state index in [1.54, 1.807) is 0 Å². The molecule has 0 bridgehead atoms. The van der Waals surface area contributed by atoms with E-state index < -0.39 is 9.84 Å². The van der Waals surface area contributed by atoms with Gasteiger partial charge in [-0.25, -0.2) is 8.42 Å². The highest BCUT2D eigenvalue weighted by Crippen LogP contribution is 2.23. The number of carbonyl (C=O) groups is 1. The maximum atomic E-state index is 11.6. The summed E-state index contributed by atoms with van der Waals surface area (Å²) in [5, 5.41) is 3.02. The molecule has 1 rings (SSSR count). The number of amides is 1. The number of hydrogen-bond donors (Lipinski definition) is 1. The van der Waals surface area contributed by atoms with Gasteiger partial charge >= 0.3 is 0 Å². The molecular formula is C12H23NO3S. The SMILES string of the molecule is CC1CCCCC1NC(=O)CCCS(C)(=O)=O. The Balaban J connectivity index is 2.24. The van der Waals surface area contributed by atoms with Crippen molar-refractivity contribution in [2.45, 2.75) is 51.5 Å². The molecule has 0 spiro atoms. The van der Waals surface area contributed by atoms with Crippen LogP contribution in [-0.2, 0) is 14.6 Å². The van der Waals surface area contributed by atoms with E-state index in [9.17, 15) is 13.2 Å². The zero-order valence-electron chi connectivity index (χ0n) is 10.7. The van der Waals surface area contributed by atoms with E-state index in [0.29, 0.717) is 18.8 Å². The highest BCUT2D eigenvalue weighted by molar-refractivity contribution is 7.90. The number of rotatable bonds is 5. The first-order valence-electron chi connectivity index (χ1n) is 6.35. The Morgan fingerprint density at radius 2 is 1.94 bits per heavy atom. The predicted molar refractivity (Wildman–Crippen MR) is 68.5 cm³/mol. The van der Waals surface area contributed by atoms with Crippen molar-refractivity contribution in [3.05, 3.63) is 0 Å². The molecule has 0 saturated heterocycles. The second-order valence-electron chi connectivity index (χ2n) is 5.17. The Kier molecular flexibility index (Phi) is 5.43. The van der Waals surface area contributed by atoms with Crippen molar-refractivity contribution in [2.24, 2.45) is 5.92 Å². The topological polar surface area (TPSA) is 63.2 Å². The molecule has 1 fully saturated rings. The number of hydrogen-bond acceptors (Lipinski definition) is 3. The molecule has 100 valence electrons. The molecule has 0 aliphatic heterocycles. The molecule has 0 heterocycles. The van der Waals surface area contributed by atoms with Gasteiger partial charge in [0.1, 0.15) is 9.84 Å². The summed E-state index contributed by atoms with van der Waals surface area (Å²) in [4.78, 5) is 11.6. The van der Waals surface area contributed by atoms with Gasteiger partial charge in [0, 0.05) is 18.7 Å². The van der Waals surface area contributed by atoms with Gasteiger partial charge in [-0.1, -0.05) is 19.8 Å². The van der Waals surface area contributed by atoms with Crippen LogP contribution in [0.25, 0.3) is 0 Å². The lowest BCUT2D eigenvalue weighted by atomic mass is 9.86. The van der Waals surface area contributed by atoms with Crippen LogP contribution in [0.4, 0.5) is 0 Å². The molecule has 1 amide bonds. The molecule has 4 nitrogen and oxygen atoms in total. The van der Waals surface area contributed by atoms with E-state index in [-0.39, 0.29) is 17.7 Å². The van der Waals surface area contributed by atoms with Crippen LogP contribution in [0, 0.1) is 5.92 Å². The van der Waals surface area contributed by atoms with Crippen molar-refractivity contribution in [2.75, 3.05) is 12.0 Å². The third-order valence-corrected chi connectivity index (χ3v) is 4.41. The lowest BCUT2D eigenvalue weighted by Gasteiger charge is -2.29. The second-order valence-corrected chi connectivity index (χ2v) is 7.43. The average Bonchev–Trinajstić information content (AvgIpc) is 2.19. The van der Waals surface area contributed by atoms with E-state index in [2.05, 4.69) is 12.2 Å². The molecule has 0 aromatic carbocycles. The Hall–Kier alpha value is -0.580. The monoisotopic (exact) mass is 261 g/mol. The molecule has 1 aliphatic rings. The van der Waals surface area contributed by atoms with Crippen LogP contribution in [0.5, 0.6) is 0 Å². The standard InChI is InChI=1S/C12H23NO3S/c1-10-6-3-4-7-11(10)13-12(14)8-5-9-17(2,15)16/h10-11H,3-9H2,1-2H3,(H,13,14). The summed E-state index contributed by atoms with van der Waals surface area (Å²) in [6, 6.07) is 0.287. The van der Waals surface area contributed by atoms with Crippen LogP contribution >= 0.6 is 0 Å². The number of nitrogens with one attached hydrogen (secondary N) is 1. The molecule has 1 aliphatic carbocycles. The average molecular weight is 261 g/mol. The van der Waals surface area contributed by atoms with Gasteiger partial charge in [0.25, 0.3) is 0 Å². The van der Waals surface area contributed by atoms with E-state index in [1.165, 1.54) is 25.5 Å². The maximum absolute atomic E-state index is 11.6. The zero-order valence-corrected chi connectivity index (χ0v) is 11.6. The summed E-state index contributed by atoms with van der Waals surface area (Å²) in [6.45, 7) is 2.17. The molecule has 0 aromatic rings. The Labute approximate surface area is 104 Å². The Morgan fingerprint density at radius 3 is 2.53 bits per heavy atom. The predicted octanol–water partition coefficient (Wildman–Crippen LogP) is 1.51. The van der Waals surface area contributed by atoms with Crippen molar-refractivity contribution in [3.63, 3.8) is 0 Å². The first-order chi connectivity index (χ1) is 7.88. The van der Waals surface area contributed by atoms with Crippen molar-refractivity contribution >= 4 is 15.7 Å². The molecule has 0 aromatic heterocycles. The zero-order chi connectivity index (χ0) is 12.9. The van der Waals surface area contributed by atoms with Crippen molar-refractivity contribution in [3.8, 4) is 0 Å². The van der Waals surface area contributed by atoms with Crippen LogP contribution in [0.3, 0.4) is 0 Å². The highest BCUT2D eigenvalue weighted by Gasteiger charge is 2.22. The van der Waals surface area contributed by atoms with E-state index >= 15 is 0 Å². The highest BCUT2D eigenvalue weighted by atomic mass is 32.2. The molecule has 17 heavy (non-hydrogen) atoms. The molecule has 2 unspecified atom stereocenters. The lowest BCUT2D eigenvalue weighted by molar-refractivity contribution is -0.122. The summed E-state index contributed by atoms with van der Waals surface area (Å²) in [5.41, 5.74) is 0. The van der Waals surface area contributed by atoms with Crippen LogP contribution in [0.2, 0.25) is 0 Å². The fourth-order valence-electron chi connectivity index (χ4n) is 2.30. The van der Waals surface area contributed by atoms with Gasteiger partial charge < -0.3 is 5.32 Å². The van der Waals surface area contributed by atoms with Gasteiger partial charge in [0.15, 0.2) is 0 Å². The number of carbonyl (C=O) groups excluding carboxylic acids is 1. The summed E-state index contributed by atoms with van der Waals surface area (Å²) < 4.78 is 21.8. The van der Waals surface area contributed by atoms with Gasteiger partial charge in [0.05, 0.1) is 5.75 Å². The van der Waals surface area contributed by atoms with Gasteiger partial charge in [-0.15, -0.1) is 0 Å². The summed E-state index contributed by atoms with van der Waals surface area (Å²) in [7, 11) is -2.94. The third-order valence-electron chi connectivity index (χ3n) is 3.38. The first kappa shape index (κ1) is 14.5. The molecule has 1 saturated carbocycles. The quantitative estimate of drug-likeness (QED) is 0.816. The second kappa shape index (κ2) is 6.38. The molecule has 0 radical (unpaired) electrons. The molecule has 1 N–H and O–H groups in total. The van der Waals surface area contributed by atoms with Crippen LogP contribution < -0.4 is 5.32 Å². The first-order valence-corrected chi connectivity index (χ1v) is 8.41. The van der Waals surface area contributed by atoms with Gasteiger partial charge in [-0.3, -0.25) is 4.79 Å². The lowest BCUT2D eigenvalue weighted by Crippen LogP contribution is -2.41. The third kappa shape index (κ3) is 6.05. The van der Waals surface area contributed by atoms with Gasteiger partial charge in [-0.05, 0) is 25.2 Å². The maximum Gasteiger partial charge on any atom is 0.220 e. The van der Waals surface area contributed by atoms with Crippen LogP contribution in [0.1, 0.15) is 45.4 Å². The van der Waals surface area contributed by atoms with E-state index in [1.807, 2.05) is 0 Å². The fourth-order valence-corrected chi connectivity index (χ4v) is 2.97. The normalized spacial score (nSPS) is 25.5. The number of sulfone groups is 1. The van der Waals surface area contributed by atoms with E-state index in [0.717, 1.165) is 6.42 Å². The van der Waals surface area contributed by atoms with Gasteiger partial charge in [0.2, 0.25) is 5.91 Å². The largest absolute Gasteiger partial charge is 0.353 e. The fraction of sp³-hybridized carbons (Fsp3) is 0.917. The molecular weight excluding hydrogens is 238 g/mol. The molecule has 5 heteroatoms. The van der Waals surface area contributed by atoms with Crippen molar-refractivity contribution in [1.29, 1.82) is 0 Å². The Bertz CT molecular complexity index is 351. The van der Waals surface area contributed by atoms with Gasteiger partial charge in [-0.2, -0.15) is 0 Å². The minimum Gasteiger partial charge on any atom is -0.353 e. The Morgan fingerprint density at radius 1 is 1.29 bits per heavy atom. The van der Waals surface area contributed by atoms with Crippen molar-refractivity contribution in [1.82, 2.24) is 5.32 Å². The van der Waals surface area contributed by atoms with E-state index in [4.69, 9.17) is 0 Å². The summed E-state index contributed by atoms with van der Waals surface area (Å²) in [5.74, 6) is 0.635. The summed E-state index contributed by atoms with van der Waals surface area (Å²) in [6.07, 6.45) is 6.60. The molecule has 2 atom stereocenters. The smallest absolute Gasteiger partial charge is 0.220 e. The minimum atomic E-state index is -2.94.